The largest absolute Gasteiger partial charge is 0.454 e. The molecular formula is C24H29N5O4. The van der Waals surface area contributed by atoms with Crippen molar-refractivity contribution in [1.82, 2.24) is 24.7 Å². The normalized spacial score (nSPS) is 20.7. The van der Waals surface area contributed by atoms with Crippen LogP contribution in [0.3, 0.4) is 0 Å². The van der Waals surface area contributed by atoms with Crippen molar-refractivity contribution < 1.29 is 19.1 Å². The monoisotopic (exact) mass is 451 g/mol. The fraction of sp³-hybridized carbons (Fsp3) is 0.500. The Balaban J connectivity index is 1.13. The number of piperazine rings is 1. The Morgan fingerprint density at radius 3 is 2.61 bits per heavy atom. The number of aromatic nitrogens is 2. The minimum atomic E-state index is -0.151. The second-order valence-electron chi connectivity index (χ2n) is 8.92. The van der Waals surface area contributed by atoms with Crippen LogP contribution in [0.25, 0.3) is 0 Å². The zero-order valence-corrected chi connectivity index (χ0v) is 18.9. The van der Waals surface area contributed by atoms with Gasteiger partial charge in [-0.25, -0.2) is 4.98 Å². The summed E-state index contributed by atoms with van der Waals surface area (Å²) in [7, 11) is 0. The van der Waals surface area contributed by atoms with Crippen LogP contribution < -0.4 is 9.47 Å². The van der Waals surface area contributed by atoms with Gasteiger partial charge in [0.05, 0.1) is 17.8 Å². The average Bonchev–Trinajstić information content (AvgIpc) is 3.32. The maximum atomic E-state index is 13.2. The lowest BCUT2D eigenvalue weighted by atomic mass is 9.96. The van der Waals surface area contributed by atoms with Gasteiger partial charge in [-0.2, -0.15) is 0 Å². The number of piperidine rings is 1. The molecule has 0 radical (unpaired) electrons. The van der Waals surface area contributed by atoms with Crippen LogP contribution in [-0.2, 0) is 11.3 Å². The number of benzene rings is 1. The van der Waals surface area contributed by atoms with E-state index >= 15 is 0 Å². The van der Waals surface area contributed by atoms with Crippen LogP contribution in [0.5, 0.6) is 11.5 Å². The lowest BCUT2D eigenvalue weighted by Crippen LogP contribution is -2.52. The van der Waals surface area contributed by atoms with Gasteiger partial charge in [0.2, 0.25) is 12.7 Å². The van der Waals surface area contributed by atoms with E-state index in [0.717, 1.165) is 49.7 Å². The third kappa shape index (κ3) is 4.78. The van der Waals surface area contributed by atoms with E-state index < -0.39 is 0 Å². The van der Waals surface area contributed by atoms with Gasteiger partial charge in [-0.15, -0.1) is 0 Å². The van der Waals surface area contributed by atoms with E-state index in [4.69, 9.17) is 9.47 Å². The number of hydrogen-bond donors (Lipinski definition) is 0. The lowest BCUT2D eigenvalue weighted by molar-refractivity contribution is -0.138. The van der Waals surface area contributed by atoms with Gasteiger partial charge in [-0.3, -0.25) is 19.5 Å². The Morgan fingerprint density at radius 1 is 1.00 bits per heavy atom. The number of rotatable bonds is 4. The molecule has 1 atom stereocenters. The van der Waals surface area contributed by atoms with Crippen LogP contribution in [0.1, 0.15) is 34.6 Å². The van der Waals surface area contributed by atoms with Crippen molar-refractivity contribution >= 4 is 11.8 Å². The third-order valence-electron chi connectivity index (χ3n) is 6.59. The number of likely N-dealkylation sites (tertiary alicyclic amines) is 1. The molecule has 2 aromatic rings. The standard InChI is InChI=1S/C24H29N5O4/c1-17-12-26-20(13-25-17)24(31)29-6-2-3-19(15-29)23(30)28-9-7-27(8-10-28)14-18-4-5-21-22(11-18)33-16-32-21/h4-5,11-13,19H,2-3,6-10,14-16H2,1H3. The molecule has 3 aliphatic rings. The molecule has 2 saturated heterocycles. The molecule has 0 saturated carbocycles. The SMILES string of the molecule is Cc1cnc(C(=O)N2CCCC(C(=O)N3CCN(Cc4ccc5c(c4)OCO5)CC3)C2)cn1. The van der Waals surface area contributed by atoms with Crippen molar-refractivity contribution in [3.05, 3.63) is 47.5 Å². The Kier molecular flexibility index (Phi) is 6.13. The number of carbonyl (C=O) groups excluding carboxylic acids is 2. The smallest absolute Gasteiger partial charge is 0.274 e. The van der Waals surface area contributed by atoms with Crippen LogP contribution in [-0.4, -0.2) is 82.5 Å². The molecule has 0 aliphatic carbocycles. The fourth-order valence-electron chi connectivity index (χ4n) is 4.71. The molecular weight excluding hydrogens is 422 g/mol. The first-order valence-electron chi connectivity index (χ1n) is 11.5. The van der Waals surface area contributed by atoms with Crippen molar-refractivity contribution in [2.24, 2.45) is 5.92 Å². The molecule has 0 bridgehead atoms. The summed E-state index contributed by atoms with van der Waals surface area (Å²) in [6, 6.07) is 6.05. The fourth-order valence-corrected chi connectivity index (χ4v) is 4.71. The molecule has 1 aromatic carbocycles. The highest BCUT2D eigenvalue weighted by atomic mass is 16.7. The molecule has 1 aromatic heterocycles. The predicted molar refractivity (Wildman–Crippen MR) is 120 cm³/mol. The second kappa shape index (κ2) is 9.35. The highest BCUT2D eigenvalue weighted by Crippen LogP contribution is 2.33. The molecule has 2 fully saturated rings. The number of carbonyl (C=O) groups is 2. The summed E-state index contributed by atoms with van der Waals surface area (Å²) in [5.41, 5.74) is 2.29. The summed E-state index contributed by atoms with van der Waals surface area (Å²) in [6.07, 6.45) is 4.76. The molecule has 0 N–H and O–H groups in total. The summed E-state index contributed by atoms with van der Waals surface area (Å²) in [4.78, 5) is 40.5. The first kappa shape index (κ1) is 21.6. The zero-order chi connectivity index (χ0) is 22.8. The topological polar surface area (TPSA) is 88.1 Å². The Hall–Kier alpha value is -3.20. The van der Waals surface area contributed by atoms with Crippen LogP contribution >= 0.6 is 0 Å². The van der Waals surface area contributed by atoms with E-state index in [1.54, 1.807) is 11.1 Å². The van der Waals surface area contributed by atoms with E-state index in [0.29, 0.717) is 31.9 Å². The van der Waals surface area contributed by atoms with Gasteiger partial charge in [0.1, 0.15) is 5.69 Å². The van der Waals surface area contributed by atoms with Gasteiger partial charge in [0.25, 0.3) is 5.91 Å². The maximum absolute atomic E-state index is 13.2. The summed E-state index contributed by atoms with van der Waals surface area (Å²) >= 11 is 0. The lowest BCUT2D eigenvalue weighted by Gasteiger charge is -2.39. The van der Waals surface area contributed by atoms with Gasteiger partial charge < -0.3 is 19.3 Å². The van der Waals surface area contributed by atoms with Gasteiger partial charge in [0, 0.05) is 52.0 Å². The number of nitrogens with zero attached hydrogens (tertiary/aromatic N) is 5. The van der Waals surface area contributed by atoms with Gasteiger partial charge in [-0.05, 0) is 37.5 Å². The van der Waals surface area contributed by atoms with E-state index in [9.17, 15) is 9.59 Å². The number of aryl methyl sites for hydroxylation is 1. The van der Waals surface area contributed by atoms with Gasteiger partial charge in [0.15, 0.2) is 11.5 Å². The number of amides is 2. The minimum Gasteiger partial charge on any atom is -0.454 e. The van der Waals surface area contributed by atoms with Crippen molar-refractivity contribution in [3.63, 3.8) is 0 Å². The van der Waals surface area contributed by atoms with E-state index in [1.807, 2.05) is 24.0 Å². The van der Waals surface area contributed by atoms with Crippen molar-refractivity contribution in [1.29, 1.82) is 0 Å². The van der Waals surface area contributed by atoms with Crippen LogP contribution in [0, 0.1) is 12.8 Å². The average molecular weight is 452 g/mol. The van der Waals surface area contributed by atoms with E-state index in [-0.39, 0.29) is 24.5 Å². The Bertz CT molecular complexity index is 1020. The highest BCUT2D eigenvalue weighted by molar-refractivity contribution is 5.92. The number of fused-ring (bicyclic) bond motifs is 1. The molecule has 0 spiro atoms. The maximum Gasteiger partial charge on any atom is 0.274 e. The van der Waals surface area contributed by atoms with Crippen LogP contribution in [0.2, 0.25) is 0 Å². The van der Waals surface area contributed by atoms with Gasteiger partial charge in [-0.1, -0.05) is 6.07 Å². The van der Waals surface area contributed by atoms with Crippen LogP contribution in [0.15, 0.2) is 30.6 Å². The molecule has 3 aliphatic heterocycles. The van der Waals surface area contributed by atoms with Crippen molar-refractivity contribution in [2.75, 3.05) is 46.1 Å². The van der Waals surface area contributed by atoms with Crippen LogP contribution in [0.4, 0.5) is 0 Å². The number of hydrogen-bond acceptors (Lipinski definition) is 7. The molecule has 5 rings (SSSR count). The van der Waals surface area contributed by atoms with Crippen molar-refractivity contribution in [3.8, 4) is 11.5 Å². The molecule has 1 unspecified atom stereocenters. The number of ether oxygens (including phenoxy) is 2. The molecule has 33 heavy (non-hydrogen) atoms. The Morgan fingerprint density at radius 2 is 1.82 bits per heavy atom. The first-order chi connectivity index (χ1) is 16.1. The quantitative estimate of drug-likeness (QED) is 0.699. The third-order valence-corrected chi connectivity index (χ3v) is 6.59. The summed E-state index contributed by atoms with van der Waals surface area (Å²) in [5.74, 6) is 1.46. The van der Waals surface area contributed by atoms with E-state index in [1.165, 1.54) is 11.8 Å². The molecule has 9 nitrogen and oxygen atoms in total. The van der Waals surface area contributed by atoms with Gasteiger partial charge >= 0.3 is 0 Å². The summed E-state index contributed by atoms with van der Waals surface area (Å²) < 4.78 is 10.9. The predicted octanol–water partition coefficient (Wildman–Crippen LogP) is 1.71. The Labute approximate surface area is 193 Å². The second-order valence-corrected chi connectivity index (χ2v) is 8.92. The first-order valence-corrected chi connectivity index (χ1v) is 11.5. The zero-order valence-electron chi connectivity index (χ0n) is 18.9. The molecule has 2 amide bonds. The minimum absolute atomic E-state index is 0.145. The summed E-state index contributed by atoms with van der Waals surface area (Å²) in [6.45, 7) is 7.11. The molecule has 9 heteroatoms. The van der Waals surface area contributed by atoms with Crippen molar-refractivity contribution in [2.45, 2.75) is 26.3 Å². The van der Waals surface area contributed by atoms with E-state index in [2.05, 4.69) is 20.9 Å². The molecule has 174 valence electrons. The molecule has 4 heterocycles. The highest BCUT2D eigenvalue weighted by Gasteiger charge is 2.33. The summed E-state index contributed by atoms with van der Waals surface area (Å²) in [5, 5.41) is 0.